The summed E-state index contributed by atoms with van der Waals surface area (Å²) in [6, 6.07) is 7.84. The molecule has 1 aliphatic rings. The average Bonchev–Trinajstić information content (AvgIpc) is 2.82. The van der Waals surface area contributed by atoms with Gasteiger partial charge in [0.15, 0.2) is 5.13 Å². The van der Waals surface area contributed by atoms with Crippen LogP contribution < -0.4 is 4.90 Å². The molecule has 2 aromatic rings. The second-order valence-electron chi connectivity index (χ2n) is 5.28. The monoisotopic (exact) mass is 291 g/mol. The first-order valence-electron chi connectivity index (χ1n) is 6.80. The quantitative estimate of drug-likeness (QED) is 0.848. The second-order valence-corrected chi connectivity index (χ2v) is 6.20. The van der Waals surface area contributed by atoms with Crippen LogP contribution in [0.1, 0.15) is 5.56 Å². The molecule has 0 atom stereocenters. The van der Waals surface area contributed by atoms with Crippen LogP contribution in [0.3, 0.4) is 0 Å². The van der Waals surface area contributed by atoms with E-state index in [1.165, 1.54) is 5.56 Å². The van der Waals surface area contributed by atoms with E-state index in [0.29, 0.717) is 5.69 Å². The van der Waals surface area contributed by atoms with Crippen molar-refractivity contribution < 1.29 is 4.39 Å². The van der Waals surface area contributed by atoms with Crippen LogP contribution in [-0.2, 0) is 0 Å². The van der Waals surface area contributed by atoms with Crippen LogP contribution in [0.4, 0.5) is 9.52 Å². The van der Waals surface area contributed by atoms with E-state index in [0.717, 1.165) is 48.2 Å². The lowest BCUT2D eigenvalue weighted by atomic mass is 10.1. The zero-order valence-electron chi connectivity index (χ0n) is 11.8. The van der Waals surface area contributed by atoms with Gasteiger partial charge < -0.3 is 9.80 Å². The van der Waals surface area contributed by atoms with Crippen LogP contribution in [-0.4, -0.2) is 43.1 Å². The summed E-state index contributed by atoms with van der Waals surface area (Å²) < 4.78 is 14.1. The summed E-state index contributed by atoms with van der Waals surface area (Å²) in [5, 5.41) is 0.606. The van der Waals surface area contributed by atoms with Crippen LogP contribution in [0.2, 0.25) is 0 Å². The van der Waals surface area contributed by atoms with E-state index in [4.69, 9.17) is 0 Å². The minimum absolute atomic E-state index is 0.192. The molecule has 2 heterocycles. The van der Waals surface area contributed by atoms with Crippen molar-refractivity contribution in [2.75, 3.05) is 38.1 Å². The third-order valence-corrected chi connectivity index (χ3v) is 4.58. The molecule has 0 spiro atoms. The van der Waals surface area contributed by atoms with E-state index in [9.17, 15) is 4.39 Å². The number of piperazine rings is 1. The zero-order valence-corrected chi connectivity index (χ0v) is 12.6. The Morgan fingerprint density at radius 3 is 2.40 bits per heavy atom. The van der Waals surface area contributed by atoms with Gasteiger partial charge in [-0.25, -0.2) is 4.98 Å². The molecular weight excluding hydrogens is 273 g/mol. The van der Waals surface area contributed by atoms with Crippen LogP contribution >= 0.6 is 11.3 Å². The number of halogens is 1. The second kappa shape index (κ2) is 5.50. The molecule has 20 heavy (non-hydrogen) atoms. The first-order chi connectivity index (χ1) is 9.63. The van der Waals surface area contributed by atoms with Crippen LogP contribution in [0.25, 0.3) is 11.3 Å². The molecule has 0 N–H and O–H groups in total. The lowest BCUT2D eigenvalue weighted by molar-refractivity contribution is 0.313. The van der Waals surface area contributed by atoms with E-state index < -0.39 is 0 Å². The number of anilines is 1. The fourth-order valence-corrected chi connectivity index (χ4v) is 3.18. The van der Waals surface area contributed by atoms with Crippen molar-refractivity contribution in [3.63, 3.8) is 0 Å². The lowest BCUT2D eigenvalue weighted by Gasteiger charge is -2.31. The van der Waals surface area contributed by atoms with E-state index in [2.05, 4.69) is 21.8 Å². The van der Waals surface area contributed by atoms with Crippen molar-refractivity contribution in [1.82, 2.24) is 9.88 Å². The van der Waals surface area contributed by atoms with Crippen molar-refractivity contribution >= 4 is 16.5 Å². The van der Waals surface area contributed by atoms with Gasteiger partial charge in [-0.15, -0.1) is 0 Å². The van der Waals surface area contributed by atoms with Crippen molar-refractivity contribution in [2.24, 2.45) is 0 Å². The molecule has 1 aliphatic heterocycles. The Kier molecular flexibility index (Phi) is 3.72. The van der Waals surface area contributed by atoms with Crippen molar-refractivity contribution in [2.45, 2.75) is 6.92 Å². The third kappa shape index (κ3) is 2.69. The Bertz CT molecular complexity index is 586. The molecular formula is C15H18FN3S. The number of benzene rings is 1. The Hall–Kier alpha value is -1.46. The van der Waals surface area contributed by atoms with Gasteiger partial charge in [-0.1, -0.05) is 41.2 Å². The molecule has 0 unspecified atom stereocenters. The predicted octanol–water partition coefficient (Wildman–Crippen LogP) is 3.01. The number of rotatable bonds is 2. The topological polar surface area (TPSA) is 19.4 Å². The fourth-order valence-electron chi connectivity index (χ4n) is 2.31. The molecule has 0 radical (unpaired) electrons. The number of aromatic nitrogens is 1. The molecule has 1 aromatic carbocycles. The molecule has 0 amide bonds. The predicted molar refractivity (Wildman–Crippen MR) is 82.0 cm³/mol. The van der Waals surface area contributed by atoms with Crippen LogP contribution in [0, 0.1) is 12.1 Å². The molecule has 106 valence electrons. The first-order valence-corrected chi connectivity index (χ1v) is 7.62. The molecule has 0 aliphatic carbocycles. The van der Waals surface area contributed by atoms with Gasteiger partial charge in [-0.2, -0.15) is 4.39 Å². The van der Waals surface area contributed by atoms with E-state index in [1.54, 1.807) is 0 Å². The van der Waals surface area contributed by atoms with Crippen molar-refractivity contribution in [3.05, 3.63) is 35.0 Å². The molecule has 0 saturated carbocycles. The number of thiazole rings is 1. The molecule has 1 fully saturated rings. The minimum atomic E-state index is -0.192. The number of nitrogens with zero attached hydrogens (tertiary/aromatic N) is 3. The maximum atomic E-state index is 14.1. The first kappa shape index (κ1) is 13.5. The van der Waals surface area contributed by atoms with Gasteiger partial charge in [0.1, 0.15) is 5.69 Å². The minimum Gasteiger partial charge on any atom is -0.345 e. The highest BCUT2D eigenvalue weighted by molar-refractivity contribution is 7.14. The normalized spacial score (nSPS) is 16.6. The highest BCUT2D eigenvalue weighted by Gasteiger charge is 2.20. The molecule has 1 aromatic heterocycles. The van der Waals surface area contributed by atoms with Crippen LogP contribution in [0.5, 0.6) is 0 Å². The van der Waals surface area contributed by atoms with Crippen LogP contribution in [0.15, 0.2) is 24.3 Å². The standard InChI is InChI=1S/C15H18FN3S/c1-11-3-5-12(6-4-11)13-14(16)20-15(17-13)19-9-7-18(2)8-10-19/h3-6H,7-10H2,1-2H3. The summed E-state index contributed by atoms with van der Waals surface area (Å²) in [6.07, 6.45) is 0. The average molecular weight is 291 g/mol. The van der Waals surface area contributed by atoms with Gasteiger partial charge in [-0.3, -0.25) is 0 Å². The van der Waals surface area contributed by atoms with E-state index in [1.807, 2.05) is 31.2 Å². The maximum absolute atomic E-state index is 14.1. The van der Waals surface area contributed by atoms with Gasteiger partial charge in [0, 0.05) is 31.7 Å². The zero-order chi connectivity index (χ0) is 14.1. The maximum Gasteiger partial charge on any atom is 0.206 e. The summed E-state index contributed by atoms with van der Waals surface area (Å²) in [4.78, 5) is 8.96. The Morgan fingerprint density at radius 2 is 1.75 bits per heavy atom. The summed E-state index contributed by atoms with van der Waals surface area (Å²) >= 11 is 1.15. The van der Waals surface area contributed by atoms with Crippen molar-refractivity contribution in [1.29, 1.82) is 0 Å². The molecule has 1 saturated heterocycles. The van der Waals surface area contributed by atoms with Gasteiger partial charge in [0.05, 0.1) is 0 Å². The highest BCUT2D eigenvalue weighted by Crippen LogP contribution is 2.32. The summed E-state index contributed by atoms with van der Waals surface area (Å²) in [7, 11) is 2.11. The summed E-state index contributed by atoms with van der Waals surface area (Å²) in [5.41, 5.74) is 2.50. The number of likely N-dealkylation sites (N-methyl/N-ethyl adjacent to an activating group) is 1. The van der Waals surface area contributed by atoms with E-state index >= 15 is 0 Å². The SMILES string of the molecule is Cc1ccc(-c2nc(N3CCN(C)CC3)sc2F)cc1. The largest absolute Gasteiger partial charge is 0.345 e. The Morgan fingerprint density at radius 1 is 1.10 bits per heavy atom. The van der Waals surface area contributed by atoms with E-state index in [-0.39, 0.29) is 5.13 Å². The highest BCUT2D eigenvalue weighted by atomic mass is 32.1. The van der Waals surface area contributed by atoms with Crippen molar-refractivity contribution in [3.8, 4) is 11.3 Å². The molecule has 0 bridgehead atoms. The summed E-state index contributed by atoms with van der Waals surface area (Å²) in [5.74, 6) is 0. The Balaban J connectivity index is 1.85. The smallest absolute Gasteiger partial charge is 0.206 e. The van der Waals surface area contributed by atoms with Gasteiger partial charge in [-0.05, 0) is 14.0 Å². The van der Waals surface area contributed by atoms with Gasteiger partial charge in [0.25, 0.3) is 0 Å². The lowest BCUT2D eigenvalue weighted by Crippen LogP contribution is -2.44. The van der Waals surface area contributed by atoms with Gasteiger partial charge >= 0.3 is 0 Å². The fraction of sp³-hybridized carbons (Fsp3) is 0.400. The number of hydrogen-bond acceptors (Lipinski definition) is 4. The molecule has 3 nitrogen and oxygen atoms in total. The van der Waals surface area contributed by atoms with Gasteiger partial charge in [0.2, 0.25) is 5.13 Å². The number of hydrogen-bond donors (Lipinski definition) is 0. The molecule has 5 heteroatoms. The third-order valence-electron chi connectivity index (χ3n) is 3.67. The summed E-state index contributed by atoms with van der Waals surface area (Å²) in [6.45, 7) is 5.85. The molecule has 3 rings (SSSR count). The number of aryl methyl sites for hydroxylation is 1. The Labute approximate surface area is 122 Å².